The van der Waals surface area contributed by atoms with Gasteiger partial charge in [0.2, 0.25) is 10.0 Å². The number of benzene rings is 1. The standard InChI is InChI=1S/C22H29ClFN5O5S/c1-22(2,3)34-21(31)26-15-6-5-13(7-15)11-35(32,33)28-27-20(30)16-8-14(9-17(23)19(16)24)18-10-29(4)12-25-18/h8-10,12-13,15,28H,5-7,11H2,1-4H3,(H,26,31)(H,27,30). The van der Waals surface area contributed by atoms with Crippen molar-refractivity contribution in [2.75, 3.05) is 5.75 Å². The number of aromatic nitrogens is 2. The summed E-state index contributed by atoms with van der Waals surface area (Å²) in [4.78, 5) is 30.6. The number of carbonyl (C=O) groups is 2. The molecular weight excluding hydrogens is 501 g/mol. The summed E-state index contributed by atoms with van der Waals surface area (Å²) in [5.74, 6) is -2.48. The molecule has 2 unspecified atom stereocenters. The molecule has 2 aromatic rings. The number of carbonyl (C=O) groups excluding carboxylic acids is 2. The van der Waals surface area contributed by atoms with Crippen molar-refractivity contribution in [3.05, 3.63) is 41.1 Å². The quantitative estimate of drug-likeness (QED) is 0.472. The number of alkyl carbamates (subject to hydrolysis) is 1. The Labute approximate surface area is 208 Å². The number of halogens is 2. The Kier molecular flexibility index (Phi) is 8.07. The van der Waals surface area contributed by atoms with E-state index in [9.17, 15) is 22.4 Å². The van der Waals surface area contributed by atoms with E-state index in [1.165, 1.54) is 18.5 Å². The van der Waals surface area contributed by atoms with Crippen molar-refractivity contribution < 1.29 is 27.1 Å². The summed E-state index contributed by atoms with van der Waals surface area (Å²) in [6.07, 6.45) is 4.29. The third kappa shape index (κ3) is 7.64. The molecule has 0 spiro atoms. The van der Waals surface area contributed by atoms with Gasteiger partial charge in [-0.15, -0.1) is 4.83 Å². The van der Waals surface area contributed by atoms with Gasteiger partial charge in [-0.05, 0) is 58.1 Å². The molecule has 1 saturated carbocycles. The Bertz CT molecular complexity index is 1210. The molecule has 2 amide bonds. The highest BCUT2D eigenvalue weighted by molar-refractivity contribution is 7.89. The van der Waals surface area contributed by atoms with Crippen molar-refractivity contribution in [1.82, 2.24) is 25.1 Å². The molecule has 2 atom stereocenters. The number of nitrogens with one attached hydrogen (secondary N) is 3. The van der Waals surface area contributed by atoms with E-state index in [1.54, 1.807) is 38.6 Å². The molecule has 0 bridgehead atoms. The van der Waals surface area contributed by atoms with Gasteiger partial charge in [0, 0.05) is 24.8 Å². The molecule has 3 rings (SSSR count). The largest absolute Gasteiger partial charge is 0.444 e. The van der Waals surface area contributed by atoms with Crippen molar-refractivity contribution in [1.29, 1.82) is 0 Å². The summed E-state index contributed by atoms with van der Waals surface area (Å²) in [7, 11) is -2.17. The zero-order valence-electron chi connectivity index (χ0n) is 19.9. The minimum atomic E-state index is -3.93. The van der Waals surface area contributed by atoms with E-state index < -0.39 is 39.0 Å². The molecule has 35 heavy (non-hydrogen) atoms. The van der Waals surface area contributed by atoms with Crippen molar-refractivity contribution in [2.45, 2.75) is 51.7 Å². The minimum Gasteiger partial charge on any atom is -0.444 e. The molecule has 1 aromatic carbocycles. The topological polar surface area (TPSA) is 131 Å². The molecule has 13 heteroatoms. The second kappa shape index (κ2) is 10.5. The number of aryl methyl sites for hydroxylation is 1. The lowest BCUT2D eigenvalue weighted by Crippen LogP contribution is -2.44. The Morgan fingerprint density at radius 1 is 1.29 bits per heavy atom. The summed E-state index contributed by atoms with van der Waals surface area (Å²) in [5.41, 5.74) is 1.86. The van der Waals surface area contributed by atoms with Gasteiger partial charge in [-0.3, -0.25) is 10.2 Å². The van der Waals surface area contributed by atoms with E-state index in [2.05, 4.69) is 10.3 Å². The molecule has 0 aliphatic heterocycles. The maximum Gasteiger partial charge on any atom is 0.407 e. The zero-order chi connectivity index (χ0) is 26.0. The van der Waals surface area contributed by atoms with Gasteiger partial charge in [0.15, 0.2) is 5.82 Å². The number of imidazole rings is 1. The second-order valence-corrected chi connectivity index (χ2v) is 11.8. The normalized spacial score (nSPS) is 18.3. The molecule has 192 valence electrons. The predicted molar refractivity (Wildman–Crippen MR) is 128 cm³/mol. The van der Waals surface area contributed by atoms with Crippen LogP contribution in [0.25, 0.3) is 11.3 Å². The highest BCUT2D eigenvalue weighted by atomic mass is 35.5. The Hall–Kier alpha value is -2.70. The fourth-order valence-corrected chi connectivity index (χ4v) is 5.31. The summed E-state index contributed by atoms with van der Waals surface area (Å²) in [6, 6.07) is 2.38. The van der Waals surface area contributed by atoms with E-state index in [-0.39, 0.29) is 22.7 Å². The fraction of sp³-hybridized carbons (Fsp3) is 0.500. The first kappa shape index (κ1) is 26.9. The SMILES string of the molecule is Cn1cnc(-c2cc(Cl)c(F)c(C(=O)NNS(=O)(=O)CC3CCC(NC(=O)OC(C)(C)C)C3)c2)c1. The Morgan fingerprint density at radius 2 is 2.00 bits per heavy atom. The molecule has 3 N–H and O–H groups in total. The summed E-state index contributed by atoms with van der Waals surface area (Å²) in [5, 5.41) is 2.45. The molecule has 1 aliphatic rings. The number of amides is 2. The third-order valence-electron chi connectivity index (χ3n) is 5.31. The van der Waals surface area contributed by atoms with Crippen LogP contribution in [0.2, 0.25) is 5.02 Å². The summed E-state index contributed by atoms with van der Waals surface area (Å²) >= 11 is 5.94. The number of hydrogen-bond acceptors (Lipinski definition) is 6. The lowest BCUT2D eigenvalue weighted by atomic mass is 10.1. The number of hydrazine groups is 1. The molecular formula is C22H29ClFN5O5S. The van der Waals surface area contributed by atoms with Gasteiger partial charge in [0.25, 0.3) is 5.91 Å². The van der Waals surface area contributed by atoms with Crippen LogP contribution in [0.15, 0.2) is 24.7 Å². The smallest absolute Gasteiger partial charge is 0.407 e. The van der Waals surface area contributed by atoms with Crippen molar-refractivity contribution in [2.24, 2.45) is 13.0 Å². The number of rotatable bonds is 7. The molecule has 0 radical (unpaired) electrons. The van der Waals surface area contributed by atoms with Crippen LogP contribution < -0.4 is 15.6 Å². The molecule has 10 nitrogen and oxygen atoms in total. The highest BCUT2D eigenvalue weighted by Crippen LogP contribution is 2.28. The zero-order valence-corrected chi connectivity index (χ0v) is 21.5. The first-order chi connectivity index (χ1) is 16.2. The average molecular weight is 530 g/mol. The van der Waals surface area contributed by atoms with Gasteiger partial charge in [0.05, 0.1) is 28.4 Å². The minimum absolute atomic E-state index is 0.204. The number of nitrogens with zero attached hydrogens (tertiary/aromatic N) is 2. The van der Waals surface area contributed by atoms with Crippen LogP contribution in [0.5, 0.6) is 0 Å². The van der Waals surface area contributed by atoms with Crippen LogP contribution in [0.1, 0.15) is 50.4 Å². The van der Waals surface area contributed by atoms with Crippen molar-refractivity contribution >= 4 is 33.6 Å². The highest BCUT2D eigenvalue weighted by Gasteiger charge is 2.31. The van der Waals surface area contributed by atoms with E-state index in [1.807, 2.05) is 10.3 Å². The first-order valence-corrected chi connectivity index (χ1v) is 13.0. The Balaban J connectivity index is 1.57. The lowest BCUT2D eigenvalue weighted by molar-refractivity contribution is 0.0504. The van der Waals surface area contributed by atoms with Gasteiger partial charge < -0.3 is 14.6 Å². The molecule has 1 aliphatic carbocycles. The van der Waals surface area contributed by atoms with Crippen LogP contribution in [0.4, 0.5) is 9.18 Å². The van der Waals surface area contributed by atoms with Crippen molar-refractivity contribution in [3.8, 4) is 11.3 Å². The first-order valence-electron chi connectivity index (χ1n) is 11.0. The Morgan fingerprint density at radius 3 is 2.63 bits per heavy atom. The number of sulfonamides is 1. The van der Waals surface area contributed by atoms with E-state index in [0.717, 1.165) is 0 Å². The van der Waals surface area contributed by atoms with Crippen LogP contribution in [-0.2, 0) is 21.8 Å². The monoisotopic (exact) mass is 529 g/mol. The van der Waals surface area contributed by atoms with Crippen molar-refractivity contribution in [3.63, 3.8) is 0 Å². The third-order valence-corrected chi connectivity index (χ3v) is 6.91. The molecule has 1 aromatic heterocycles. The number of hydrogen-bond donors (Lipinski definition) is 3. The maximum absolute atomic E-state index is 14.5. The van der Waals surface area contributed by atoms with E-state index in [0.29, 0.717) is 30.5 Å². The van der Waals surface area contributed by atoms with Gasteiger partial charge in [0.1, 0.15) is 5.60 Å². The predicted octanol–water partition coefficient (Wildman–Crippen LogP) is 3.14. The molecule has 0 saturated heterocycles. The summed E-state index contributed by atoms with van der Waals surface area (Å²) < 4.78 is 46.4. The average Bonchev–Trinajstić information content (AvgIpc) is 3.35. The second-order valence-electron chi connectivity index (χ2n) is 9.60. The van der Waals surface area contributed by atoms with E-state index >= 15 is 0 Å². The van der Waals surface area contributed by atoms with Crippen LogP contribution in [-0.4, -0.2) is 47.4 Å². The lowest BCUT2D eigenvalue weighted by Gasteiger charge is -2.21. The fourth-order valence-electron chi connectivity index (χ4n) is 3.84. The van der Waals surface area contributed by atoms with Gasteiger partial charge in [-0.25, -0.2) is 22.6 Å². The van der Waals surface area contributed by atoms with Crippen LogP contribution >= 0.6 is 11.6 Å². The molecule has 1 fully saturated rings. The van der Waals surface area contributed by atoms with Crippen LogP contribution in [0.3, 0.4) is 0 Å². The van der Waals surface area contributed by atoms with Gasteiger partial charge in [-0.1, -0.05) is 11.6 Å². The van der Waals surface area contributed by atoms with Crippen LogP contribution in [0, 0.1) is 11.7 Å². The van der Waals surface area contributed by atoms with E-state index in [4.69, 9.17) is 16.3 Å². The van der Waals surface area contributed by atoms with Gasteiger partial charge >= 0.3 is 6.09 Å². The number of ether oxygens (including phenoxy) is 1. The summed E-state index contributed by atoms with van der Waals surface area (Å²) in [6.45, 7) is 5.27. The molecule has 1 heterocycles. The van der Waals surface area contributed by atoms with Gasteiger partial charge in [-0.2, -0.15) is 0 Å². The maximum atomic E-state index is 14.5.